The average molecular weight is 545 g/mol. The van der Waals surface area contributed by atoms with Crippen LogP contribution in [0, 0.1) is 17.8 Å². The number of nitrogens with zero attached hydrogens (tertiary/aromatic N) is 5. The van der Waals surface area contributed by atoms with Crippen LogP contribution in [0.1, 0.15) is 5.56 Å². The van der Waals surface area contributed by atoms with E-state index in [1.165, 1.54) is 29.4 Å². The molecule has 5 rings (SSSR count). The molecule has 10 nitrogen and oxygen atoms in total. The van der Waals surface area contributed by atoms with E-state index in [-0.39, 0.29) is 36.5 Å². The maximum Gasteiger partial charge on any atom is 0.573 e. The quantitative estimate of drug-likeness (QED) is 0.440. The molecule has 206 valence electrons. The zero-order valence-corrected chi connectivity index (χ0v) is 21.0. The number of hydrogen-bond donors (Lipinski definition) is 1. The number of rotatable bonds is 9. The zero-order chi connectivity index (χ0) is 27.6. The summed E-state index contributed by atoms with van der Waals surface area (Å²) in [6, 6.07) is 10.8. The smallest absolute Gasteiger partial charge is 0.406 e. The lowest BCUT2D eigenvalue weighted by Gasteiger charge is -2.24. The molecule has 1 aromatic carbocycles. The molecule has 39 heavy (non-hydrogen) atoms. The van der Waals surface area contributed by atoms with E-state index in [1.54, 1.807) is 48.3 Å². The van der Waals surface area contributed by atoms with Gasteiger partial charge in [0.05, 0.1) is 19.1 Å². The number of piperidine rings is 1. The number of benzene rings is 1. The molecule has 2 fully saturated rings. The Bertz CT molecular complexity index is 1310. The Morgan fingerprint density at radius 3 is 2.59 bits per heavy atom. The first-order valence-corrected chi connectivity index (χ1v) is 12.4. The van der Waals surface area contributed by atoms with Gasteiger partial charge in [0.15, 0.2) is 0 Å². The monoisotopic (exact) mass is 544 g/mol. The van der Waals surface area contributed by atoms with Crippen molar-refractivity contribution >= 4 is 17.8 Å². The number of carbonyl (C=O) groups excluding carboxylic acids is 2. The van der Waals surface area contributed by atoms with Crippen LogP contribution in [0.2, 0.25) is 0 Å². The highest BCUT2D eigenvalue weighted by Gasteiger charge is 2.56. The standard InChI is InChI=1S/C26H27F3N6O4/c1-33-15-24(31-16-33)38-25(37)35(10-17-5-4-6-18(9-17)39-26(27,28)29)13-21-19-11-34(12-20(19)21)14-23(36)32-22-7-2-3-8-30-22/h2-9,15-16,19-21H,10-14H2,1H3,(H,30,32,36). The number of imidazole rings is 1. The van der Waals surface area contributed by atoms with E-state index in [9.17, 15) is 22.8 Å². The predicted molar refractivity (Wildman–Crippen MR) is 133 cm³/mol. The summed E-state index contributed by atoms with van der Waals surface area (Å²) in [7, 11) is 1.74. The van der Waals surface area contributed by atoms with Crippen LogP contribution >= 0.6 is 0 Å². The number of pyridine rings is 1. The SMILES string of the molecule is Cn1cnc(OC(=O)N(Cc2cccc(OC(F)(F)F)c2)CC2C3CN(CC(=O)Nc4ccccn4)CC32)c1. The summed E-state index contributed by atoms with van der Waals surface area (Å²) in [6.07, 6.45) is -0.813. The van der Waals surface area contributed by atoms with Crippen LogP contribution in [0.25, 0.3) is 0 Å². The van der Waals surface area contributed by atoms with Gasteiger partial charge in [0.25, 0.3) is 0 Å². The van der Waals surface area contributed by atoms with E-state index in [0.29, 0.717) is 42.9 Å². The number of aryl methyl sites for hydroxylation is 1. The first-order valence-electron chi connectivity index (χ1n) is 12.4. The number of alkyl halides is 3. The van der Waals surface area contributed by atoms with Crippen molar-refractivity contribution in [3.05, 3.63) is 66.7 Å². The maximum absolute atomic E-state index is 13.1. The van der Waals surface area contributed by atoms with Crippen molar-refractivity contribution in [3.8, 4) is 11.6 Å². The molecule has 0 spiro atoms. The number of ether oxygens (including phenoxy) is 2. The van der Waals surface area contributed by atoms with Gasteiger partial charge in [-0.1, -0.05) is 18.2 Å². The fourth-order valence-corrected chi connectivity index (χ4v) is 5.07. The lowest BCUT2D eigenvalue weighted by molar-refractivity contribution is -0.274. The minimum absolute atomic E-state index is 0.0346. The van der Waals surface area contributed by atoms with Crippen molar-refractivity contribution in [2.45, 2.75) is 12.9 Å². The molecule has 2 amide bonds. The van der Waals surface area contributed by atoms with Gasteiger partial charge in [-0.3, -0.25) is 9.69 Å². The van der Waals surface area contributed by atoms with Gasteiger partial charge in [-0.15, -0.1) is 13.2 Å². The Balaban J connectivity index is 1.20. The van der Waals surface area contributed by atoms with Crippen LogP contribution in [0.5, 0.6) is 11.6 Å². The molecule has 0 bridgehead atoms. The zero-order valence-electron chi connectivity index (χ0n) is 21.0. The molecule has 1 N–H and O–H groups in total. The van der Waals surface area contributed by atoms with E-state index < -0.39 is 12.5 Å². The van der Waals surface area contributed by atoms with Crippen LogP contribution in [0.4, 0.5) is 23.8 Å². The number of likely N-dealkylation sites (tertiary alicyclic amines) is 1. The third kappa shape index (κ3) is 7.05. The lowest BCUT2D eigenvalue weighted by atomic mass is 10.2. The number of carbonyl (C=O) groups is 2. The summed E-state index contributed by atoms with van der Waals surface area (Å²) in [5.41, 5.74) is 0.466. The average Bonchev–Trinajstić information content (AvgIpc) is 3.16. The first-order chi connectivity index (χ1) is 18.6. The third-order valence-electron chi connectivity index (χ3n) is 6.81. The highest BCUT2D eigenvalue weighted by molar-refractivity contribution is 5.91. The summed E-state index contributed by atoms with van der Waals surface area (Å²) >= 11 is 0. The van der Waals surface area contributed by atoms with Gasteiger partial charge >= 0.3 is 12.5 Å². The van der Waals surface area contributed by atoms with E-state index in [2.05, 4.69) is 24.9 Å². The molecule has 1 saturated heterocycles. The predicted octanol–water partition coefficient (Wildman–Crippen LogP) is 3.53. The highest BCUT2D eigenvalue weighted by Crippen LogP contribution is 2.52. The van der Waals surface area contributed by atoms with E-state index >= 15 is 0 Å². The van der Waals surface area contributed by atoms with Gasteiger partial charge in [-0.05, 0) is 47.6 Å². The van der Waals surface area contributed by atoms with Crippen LogP contribution < -0.4 is 14.8 Å². The molecule has 1 aliphatic carbocycles. The molecule has 2 aromatic heterocycles. The van der Waals surface area contributed by atoms with Gasteiger partial charge in [-0.2, -0.15) is 0 Å². The Hall–Kier alpha value is -4.13. The number of amides is 2. The molecule has 2 unspecified atom stereocenters. The summed E-state index contributed by atoms with van der Waals surface area (Å²) in [5, 5.41) is 2.78. The number of anilines is 1. The van der Waals surface area contributed by atoms with Crippen molar-refractivity contribution in [1.29, 1.82) is 0 Å². The number of nitrogens with one attached hydrogen (secondary N) is 1. The number of aromatic nitrogens is 3. The molecule has 0 radical (unpaired) electrons. The van der Waals surface area contributed by atoms with E-state index in [0.717, 1.165) is 0 Å². The van der Waals surface area contributed by atoms with Crippen LogP contribution in [-0.4, -0.2) is 68.9 Å². The fraction of sp³-hybridized carbons (Fsp3) is 0.385. The summed E-state index contributed by atoms with van der Waals surface area (Å²) in [4.78, 5) is 37.1. The largest absolute Gasteiger partial charge is 0.573 e. The maximum atomic E-state index is 13.1. The van der Waals surface area contributed by atoms with Gasteiger partial charge < -0.3 is 24.3 Å². The molecule has 2 atom stereocenters. The molecule has 3 aromatic rings. The number of hydrogen-bond acceptors (Lipinski definition) is 7. The fourth-order valence-electron chi connectivity index (χ4n) is 5.07. The second kappa shape index (κ2) is 10.9. The van der Waals surface area contributed by atoms with E-state index in [1.807, 2.05) is 0 Å². The molecular formula is C26H27F3N6O4. The van der Waals surface area contributed by atoms with Crippen molar-refractivity contribution in [1.82, 2.24) is 24.3 Å². The van der Waals surface area contributed by atoms with Crippen molar-refractivity contribution in [3.63, 3.8) is 0 Å². The highest BCUT2D eigenvalue weighted by atomic mass is 19.4. The van der Waals surface area contributed by atoms with Gasteiger partial charge in [0.2, 0.25) is 11.8 Å². The summed E-state index contributed by atoms with van der Waals surface area (Å²) in [5.74, 6) is 0.912. The first kappa shape index (κ1) is 26.5. The topological polar surface area (TPSA) is 102 Å². The molecule has 1 saturated carbocycles. The molecule has 3 heterocycles. The van der Waals surface area contributed by atoms with E-state index in [4.69, 9.17) is 4.74 Å². The Labute approximate surface area is 222 Å². The van der Waals surface area contributed by atoms with Crippen molar-refractivity contribution < 1.29 is 32.2 Å². The minimum Gasteiger partial charge on any atom is -0.406 e. The molecule has 13 heteroatoms. The summed E-state index contributed by atoms with van der Waals surface area (Å²) in [6.45, 7) is 2.06. The van der Waals surface area contributed by atoms with Crippen LogP contribution in [0.3, 0.4) is 0 Å². The Kier molecular flexibility index (Phi) is 7.42. The van der Waals surface area contributed by atoms with Crippen molar-refractivity contribution in [2.24, 2.45) is 24.8 Å². The van der Waals surface area contributed by atoms with Gasteiger partial charge in [-0.25, -0.2) is 14.8 Å². The molecule has 2 aliphatic rings. The van der Waals surface area contributed by atoms with Crippen LogP contribution in [0.15, 0.2) is 61.2 Å². The van der Waals surface area contributed by atoms with Crippen molar-refractivity contribution in [2.75, 3.05) is 31.5 Å². The second-order valence-corrected chi connectivity index (χ2v) is 9.77. The second-order valence-electron chi connectivity index (χ2n) is 9.77. The van der Waals surface area contributed by atoms with Gasteiger partial charge in [0.1, 0.15) is 11.6 Å². The lowest BCUT2D eigenvalue weighted by Crippen LogP contribution is -2.38. The molecular weight excluding hydrogens is 517 g/mol. The number of fused-ring (bicyclic) bond motifs is 1. The normalized spacial score (nSPS) is 20.3. The number of halogens is 3. The van der Waals surface area contributed by atoms with Gasteiger partial charge in [0, 0.05) is 39.4 Å². The minimum atomic E-state index is -4.82. The molecule has 1 aliphatic heterocycles. The third-order valence-corrected chi connectivity index (χ3v) is 6.81. The Morgan fingerprint density at radius 1 is 1.13 bits per heavy atom. The Morgan fingerprint density at radius 2 is 1.92 bits per heavy atom. The summed E-state index contributed by atoms with van der Waals surface area (Å²) < 4.78 is 49.2. The van der Waals surface area contributed by atoms with Crippen LogP contribution in [-0.2, 0) is 18.4 Å².